The number of fused-ring (bicyclic) bond motifs is 2. The summed E-state index contributed by atoms with van der Waals surface area (Å²) < 4.78 is 0. The Hall–Kier alpha value is -2.69. The number of nitrogens with zero attached hydrogens (tertiary/aromatic N) is 2. The Morgan fingerprint density at radius 3 is 2.96 bits per heavy atom. The molecule has 116 valence electrons. The van der Waals surface area contributed by atoms with Crippen molar-refractivity contribution in [2.45, 2.75) is 25.8 Å². The summed E-state index contributed by atoms with van der Waals surface area (Å²) in [6.07, 6.45) is 3.76. The average molecular weight is 307 g/mol. The zero-order chi connectivity index (χ0) is 15.8. The number of nitrogens with one attached hydrogen (secondary N) is 1. The van der Waals surface area contributed by atoms with Crippen LogP contribution in [-0.2, 0) is 24.2 Å². The Labute approximate surface area is 134 Å². The molecule has 5 nitrogen and oxygen atoms in total. The minimum atomic E-state index is 0.0386. The first-order chi connectivity index (χ1) is 11.2. The van der Waals surface area contributed by atoms with Crippen LogP contribution in [0.5, 0.6) is 0 Å². The fourth-order valence-corrected chi connectivity index (χ4v) is 3.24. The summed E-state index contributed by atoms with van der Waals surface area (Å²) in [6.45, 7) is 1.30. The van der Waals surface area contributed by atoms with E-state index < -0.39 is 0 Å². The fraction of sp³-hybridized carbons (Fsp3) is 0.278. The van der Waals surface area contributed by atoms with Crippen LogP contribution in [0.15, 0.2) is 36.5 Å². The third-order valence-electron chi connectivity index (χ3n) is 4.50. The molecule has 0 bridgehead atoms. The SMILES string of the molecule is O=C1CCc2cc(C(=O)N3CCc4ncccc4C3)ccc2N1. The molecule has 0 atom stereocenters. The number of benzene rings is 1. The summed E-state index contributed by atoms with van der Waals surface area (Å²) in [7, 11) is 0. The van der Waals surface area contributed by atoms with E-state index in [4.69, 9.17) is 0 Å². The molecule has 4 rings (SSSR count). The van der Waals surface area contributed by atoms with Crippen LogP contribution in [0.4, 0.5) is 5.69 Å². The summed E-state index contributed by atoms with van der Waals surface area (Å²) in [5, 5.41) is 2.85. The highest BCUT2D eigenvalue weighted by Gasteiger charge is 2.23. The van der Waals surface area contributed by atoms with Crippen LogP contribution in [0.2, 0.25) is 0 Å². The number of carbonyl (C=O) groups excluding carboxylic acids is 2. The number of anilines is 1. The van der Waals surface area contributed by atoms with Gasteiger partial charge in [0.25, 0.3) is 5.91 Å². The van der Waals surface area contributed by atoms with E-state index in [2.05, 4.69) is 10.3 Å². The smallest absolute Gasteiger partial charge is 0.254 e. The molecule has 1 aromatic heterocycles. The molecular weight excluding hydrogens is 290 g/mol. The van der Waals surface area contributed by atoms with E-state index in [1.54, 1.807) is 12.3 Å². The second-order valence-corrected chi connectivity index (χ2v) is 6.01. The van der Waals surface area contributed by atoms with Crippen molar-refractivity contribution in [3.05, 3.63) is 58.9 Å². The number of carbonyl (C=O) groups is 2. The van der Waals surface area contributed by atoms with Gasteiger partial charge in [0.05, 0.1) is 0 Å². The number of amides is 2. The van der Waals surface area contributed by atoms with Crippen molar-refractivity contribution in [3.8, 4) is 0 Å². The molecule has 0 saturated carbocycles. The minimum Gasteiger partial charge on any atom is -0.334 e. The number of hydrogen-bond donors (Lipinski definition) is 1. The molecule has 2 aromatic rings. The standard InChI is InChI=1S/C18H17N3O2/c22-17-6-4-12-10-13(3-5-16(12)20-17)18(23)21-9-7-15-14(11-21)2-1-8-19-15/h1-3,5,8,10H,4,6-7,9,11H2,(H,20,22). The van der Waals surface area contributed by atoms with Crippen molar-refractivity contribution in [1.29, 1.82) is 0 Å². The van der Waals surface area contributed by atoms with Gasteiger partial charge in [0.15, 0.2) is 0 Å². The highest BCUT2D eigenvalue weighted by atomic mass is 16.2. The van der Waals surface area contributed by atoms with Gasteiger partial charge < -0.3 is 10.2 Å². The molecule has 3 heterocycles. The van der Waals surface area contributed by atoms with E-state index in [1.807, 2.05) is 29.2 Å². The maximum atomic E-state index is 12.8. The Bertz CT molecular complexity index is 801. The molecule has 1 N–H and O–H groups in total. The fourth-order valence-electron chi connectivity index (χ4n) is 3.24. The van der Waals surface area contributed by atoms with Crippen LogP contribution in [-0.4, -0.2) is 28.2 Å². The molecule has 0 fully saturated rings. The van der Waals surface area contributed by atoms with Crippen molar-refractivity contribution in [3.63, 3.8) is 0 Å². The first kappa shape index (κ1) is 13.9. The van der Waals surface area contributed by atoms with Crippen LogP contribution in [0.3, 0.4) is 0 Å². The normalized spacial score (nSPS) is 16.3. The van der Waals surface area contributed by atoms with Crippen molar-refractivity contribution >= 4 is 17.5 Å². The number of aromatic nitrogens is 1. The molecule has 0 radical (unpaired) electrons. The van der Waals surface area contributed by atoms with Gasteiger partial charge in [-0.1, -0.05) is 6.07 Å². The molecule has 2 amide bonds. The van der Waals surface area contributed by atoms with Crippen molar-refractivity contribution in [2.75, 3.05) is 11.9 Å². The molecule has 0 saturated heterocycles. The van der Waals surface area contributed by atoms with E-state index in [9.17, 15) is 9.59 Å². The van der Waals surface area contributed by atoms with Gasteiger partial charge in [0.1, 0.15) is 0 Å². The Kier molecular flexibility index (Phi) is 3.33. The van der Waals surface area contributed by atoms with E-state index in [0.717, 1.165) is 28.9 Å². The summed E-state index contributed by atoms with van der Waals surface area (Å²) in [5.41, 5.74) is 4.76. The van der Waals surface area contributed by atoms with E-state index in [0.29, 0.717) is 31.5 Å². The van der Waals surface area contributed by atoms with Crippen LogP contribution < -0.4 is 5.32 Å². The molecule has 23 heavy (non-hydrogen) atoms. The molecule has 1 aromatic carbocycles. The van der Waals surface area contributed by atoms with Gasteiger partial charge in [-0.05, 0) is 41.8 Å². The van der Waals surface area contributed by atoms with Gasteiger partial charge in [-0.3, -0.25) is 14.6 Å². The predicted octanol–water partition coefficient (Wildman–Crippen LogP) is 2.16. The molecule has 0 aliphatic carbocycles. The Balaban J connectivity index is 1.57. The second kappa shape index (κ2) is 5.50. The molecule has 2 aliphatic rings. The summed E-state index contributed by atoms with van der Waals surface area (Å²) >= 11 is 0. The van der Waals surface area contributed by atoms with Gasteiger partial charge in [-0.25, -0.2) is 0 Å². The minimum absolute atomic E-state index is 0.0386. The molecule has 2 aliphatic heterocycles. The largest absolute Gasteiger partial charge is 0.334 e. The lowest BCUT2D eigenvalue weighted by Gasteiger charge is -2.28. The van der Waals surface area contributed by atoms with Gasteiger partial charge >= 0.3 is 0 Å². The summed E-state index contributed by atoms with van der Waals surface area (Å²) in [5.74, 6) is 0.0796. The molecule has 0 unspecified atom stereocenters. The van der Waals surface area contributed by atoms with Gasteiger partial charge in [-0.2, -0.15) is 0 Å². The highest BCUT2D eigenvalue weighted by Crippen LogP contribution is 2.25. The summed E-state index contributed by atoms with van der Waals surface area (Å²) in [6, 6.07) is 9.49. The van der Waals surface area contributed by atoms with Gasteiger partial charge in [-0.15, -0.1) is 0 Å². The average Bonchev–Trinajstić information content (AvgIpc) is 2.60. The number of rotatable bonds is 1. The van der Waals surface area contributed by atoms with E-state index in [1.165, 1.54) is 0 Å². The van der Waals surface area contributed by atoms with Gasteiger partial charge in [0.2, 0.25) is 5.91 Å². The zero-order valence-electron chi connectivity index (χ0n) is 12.7. The molecular formula is C18H17N3O2. The summed E-state index contributed by atoms with van der Waals surface area (Å²) in [4.78, 5) is 30.4. The maximum absolute atomic E-state index is 12.8. The van der Waals surface area contributed by atoms with Crippen LogP contribution in [0, 0.1) is 0 Å². The highest BCUT2D eigenvalue weighted by molar-refractivity contribution is 5.98. The number of hydrogen-bond acceptors (Lipinski definition) is 3. The third-order valence-corrected chi connectivity index (χ3v) is 4.50. The van der Waals surface area contributed by atoms with Crippen molar-refractivity contribution in [1.82, 2.24) is 9.88 Å². The van der Waals surface area contributed by atoms with Crippen LogP contribution in [0.25, 0.3) is 0 Å². The third kappa shape index (κ3) is 2.59. The zero-order valence-corrected chi connectivity index (χ0v) is 12.7. The lowest BCUT2D eigenvalue weighted by atomic mass is 9.99. The van der Waals surface area contributed by atoms with Crippen molar-refractivity contribution < 1.29 is 9.59 Å². The van der Waals surface area contributed by atoms with Gasteiger partial charge in [0, 0.05) is 49.1 Å². The Morgan fingerprint density at radius 1 is 1.13 bits per heavy atom. The lowest BCUT2D eigenvalue weighted by molar-refractivity contribution is -0.116. The first-order valence-corrected chi connectivity index (χ1v) is 7.85. The van der Waals surface area contributed by atoms with Crippen molar-refractivity contribution in [2.24, 2.45) is 0 Å². The monoisotopic (exact) mass is 307 g/mol. The van der Waals surface area contributed by atoms with E-state index in [-0.39, 0.29) is 11.8 Å². The maximum Gasteiger partial charge on any atom is 0.254 e. The topological polar surface area (TPSA) is 62.3 Å². The number of aryl methyl sites for hydroxylation is 1. The number of pyridine rings is 1. The Morgan fingerprint density at radius 2 is 2.04 bits per heavy atom. The first-order valence-electron chi connectivity index (χ1n) is 7.85. The van der Waals surface area contributed by atoms with E-state index >= 15 is 0 Å². The predicted molar refractivity (Wildman–Crippen MR) is 86.1 cm³/mol. The molecule has 0 spiro atoms. The quantitative estimate of drug-likeness (QED) is 0.878. The second-order valence-electron chi connectivity index (χ2n) is 6.01. The van der Waals surface area contributed by atoms with Crippen LogP contribution in [0.1, 0.15) is 33.6 Å². The molecule has 5 heteroatoms. The van der Waals surface area contributed by atoms with Crippen LogP contribution >= 0.6 is 0 Å². The lowest BCUT2D eigenvalue weighted by Crippen LogP contribution is -2.36.